The van der Waals surface area contributed by atoms with E-state index in [0.29, 0.717) is 0 Å². The van der Waals surface area contributed by atoms with Crippen LogP contribution in [0.15, 0.2) is 237 Å². The van der Waals surface area contributed by atoms with Crippen LogP contribution in [0.25, 0.3) is 86.6 Å². The minimum Gasteiger partial charge on any atom is -0.310 e. The zero-order chi connectivity index (χ0) is 39.8. The molecule has 0 spiro atoms. The van der Waals surface area contributed by atoms with Gasteiger partial charge in [0.25, 0.3) is 0 Å². The van der Waals surface area contributed by atoms with E-state index in [9.17, 15) is 0 Å². The fourth-order valence-corrected chi connectivity index (χ4v) is 10.1. The highest BCUT2D eigenvalue weighted by Crippen LogP contribution is 2.47. The summed E-state index contributed by atoms with van der Waals surface area (Å²) >= 11 is 1.86. The first kappa shape index (κ1) is 35.6. The van der Waals surface area contributed by atoms with Crippen LogP contribution in [-0.2, 0) is 0 Å². The molecule has 0 unspecified atom stereocenters. The van der Waals surface area contributed by atoms with Crippen LogP contribution < -0.4 is 4.90 Å². The zero-order valence-electron chi connectivity index (χ0n) is 32.9. The summed E-state index contributed by atoms with van der Waals surface area (Å²) in [5, 5.41) is 5.11. The number of para-hydroxylation sites is 1. The van der Waals surface area contributed by atoms with Gasteiger partial charge in [0, 0.05) is 37.1 Å². The summed E-state index contributed by atoms with van der Waals surface area (Å²) < 4.78 is 2.63. The maximum atomic E-state index is 2.44. The fourth-order valence-electron chi connectivity index (χ4n) is 8.96. The van der Waals surface area contributed by atoms with Gasteiger partial charge in [-0.05, 0) is 103 Å². The molecule has 0 saturated carbocycles. The number of rotatable bonds is 8. The molecule has 1 aromatic heterocycles. The molecule has 1 heterocycles. The molecule has 0 fully saturated rings. The van der Waals surface area contributed by atoms with Gasteiger partial charge in [0.2, 0.25) is 0 Å². The van der Waals surface area contributed by atoms with Crippen molar-refractivity contribution in [2.24, 2.45) is 0 Å². The van der Waals surface area contributed by atoms with Gasteiger partial charge in [-0.25, -0.2) is 0 Å². The summed E-state index contributed by atoms with van der Waals surface area (Å²) in [6.45, 7) is 0. The molecule has 0 amide bonds. The number of fused-ring (bicyclic) bond motifs is 4. The Morgan fingerprint density at radius 3 is 1.62 bits per heavy atom. The topological polar surface area (TPSA) is 3.24 Å². The predicted octanol–water partition coefficient (Wildman–Crippen LogP) is 17.0. The number of benzene rings is 10. The first-order chi connectivity index (χ1) is 29.8. The lowest BCUT2D eigenvalue weighted by Crippen LogP contribution is -2.11. The van der Waals surface area contributed by atoms with Crippen molar-refractivity contribution in [2.75, 3.05) is 4.90 Å². The van der Waals surface area contributed by atoms with E-state index in [4.69, 9.17) is 0 Å². The second-order valence-corrected chi connectivity index (χ2v) is 16.3. The molecule has 0 saturated heterocycles. The van der Waals surface area contributed by atoms with Gasteiger partial charge < -0.3 is 4.90 Å². The molecule has 2 heteroatoms. The van der Waals surface area contributed by atoms with Crippen LogP contribution in [0.5, 0.6) is 0 Å². The quantitative estimate of drug-likeness (QED) is 0.148. The zero-order valence-corrected chi connectivity index (χ0v) is 33.7. The van der Waals surface area contributed by atoms with Gasteiger partial charge in [0.1, 0.15) is 0 Å². The fraction of sp³-hybridized carbons (Fsp3) is 0. The molecule has 0 aliphatic rings. The summed E-state index contributed by atoms with van der Waals surface area (Å²) in [7, 11) is 0. The molecule has 0 bridgehead atoms. The van der Waals surface area contributed by atoms with Crippen molar-refractivity contribution in [3.63, 3.8) is 0 Å². The van der Waals surface area contributed by atoms with E-state index in [-0.39, 0.29) is 0 Å². The molecule has 0 N–H and O–H groups in total. The van der Waals surface area contributed by atoms with Crippen LogP contribution in [0, 0.1) is 0 Å². The number of hydrogen-bond acceptors (Lipinski definition) is 2. The maximum absolute atomic E-state index is 2.44. The van der Waals surface area contributed by atoms with Crippen LogP contribution in [0.1, 0.15) is 0 Å². The van der Waals surface area contributed by atoms with Crippen molar-refractivity contribution < 1.29 is 0 Å². The molecule has 0 aliphatic heterocycles. The molecule has 11 aromatic rings. The molecule has 11 rings (SSSR count). The van der Waals surface area contributed by atoms with E-state index < -0.39 is 0 Å². The van der Waals surface area contributed by atoms with Gasteiger partial charge in [0.15, 0.2) is 0 Å². The van der Waals surface area contributed by atoms with E-state index in [1.165, 1.54) is 81.0 Å². The van der Waals surface area contributed by atoms with E-state index in [0.717, 1.165) is 22.6 Å². The highest BCUT2D eigenvalue weighted by Gasteiger charge is 2.21. The molecule has 282 valence electrons. The van der Waals surface area contributed by atoms with Gasteiger partial charge in [-0.3, -0.25) is 0 Å². The first-order valence-electron chi connectivity index (χ1n) is 20.5. The van der Waals surface area contributed by atoms with Gasteiger partial charge in [-0.2, -0.15) is 0 Å². The van der Waals surface area contributed by atoms with E-state index in [1.54, 1.807) is 0 Å². The highest BCUT2D eigenvalue weighted by molar-refractivity contribution is 7.25. The minimum absolute atomic E-state index is 1.09. The smallest absolute Gasteiger partial charge is 0.0540 e. The van der Waals surface area contributed by atoms with E-state index in [1.807, 2.05) is 11.3 Å². The predicted molar refractivity (Wildman–Crippen MR) is 259 cm³/mol. The number of nitrogens with zero attached hydrogens (tertiary/aromatic N) is 1. The highest BCUT2D eigenvalue weighted by atomic mass is 32.1. The van der Waals surface area contributed by atoms with Crippen molar-refractivity contribution in [1.29, 1.82) is 0 Å². The minimum atomic E-state index is 1.09. The molecule has 0 aliphatic carbocycles. The largest absolute Gasteiger partial charge is 0.310 e. The Labute approximate surface area is 354 Å². The number of anilines is 3. The second kappa shape index (κ2) is 15.3. The third-order valence-electron chi connectivity index (χ3n) is 11.7. The lowest BCUT2D eigenvalue weighted by Gasteiger charge is -2.29. The Hall–Kier alpha value is -7.52. The standard InChI is InChI=1S/C58H39NS/c1-2-17-40(18-3-1)47-24-6-7-25-50(47)51-26-8-9-27-52(51)53-28-10-12-32-55(53)59(45-22-14-21-43(39-45)48-30-15-20-41-19-4-5-23-46(41)48)44-37-35-42(36-38-44)49-31-16-34-57-58(49)54-29-11-13-33-56(54)60-57/h1-39H. The molecular weight excluding hydrogens is 743 g/mol. The molecular formula is C58H39NS. The van der Waals surface area contributed by atoms with Crippen LogP contribution >= 0.6 is 11.3 Å². The Bertz CT molecular complexity index is 3320. The van der Waals surface area contributed by atoms with E-state index >= 15 is 0 Å². The Balaban J connectivity index is 1.10. The lowest BCUT2D eigenvalue weighted by atomic mass is 9.88. The third-order valence-corrected chi connectivity index (χ3v) is 12.8. The van der Waals surface area contributed by atoms with Crippen molar-refractivity contribution in [2.45, 2.75) is 0 Å². The van der Waals surface area contributed by atoms with Crippen molar-refractivity contribution in [1.82, 2.24) is 0 Å². The SMILES string of the molecule is c1ccc(-c2ccccc2-c2ccccc2-c2ccccc2N(c2ccc(-c3cccc4sc5ccccc5c34)cc2)c2cccc(-c3cccc4ccccc34)c2)cc1. The Morgan fingerprint density at radius 2 is 0.800 bits per heavy atom. The first-order valence-corrected chi connectivity index (χ1v) is 21.3. The molecule has 1 nitrogen and oxygen atoms in total. The van der Waals surface area contributed by atoms with Crippen molar-refractivity contribution in [3.8, 4) is 55.6 Å². The molecule has 60 heavy (non-hydrogen) atoms. The Kier molecular flexibility index (Phi) is 9.11. The van der Waals surface area contributed by atoms with Crippen molar-refractivity contribution >= 4 is 59.3 Å². The lowest BCUT2D eigenvalue weighted by molar-refractivity contribution is 1.28. The van der Waals surface area contributed by atoms with Gasteiger partial charge in [-0.15, -0.1) is 11.3 Å². The van der Waals surface area contributed by atoms with Gasteiger partial charge in [0.05, 0.1) is 5.69 Å². The summed E-state index contributed by atoms with van der Waals surface area (Å²) in [5.74, 6) is 0. The maximum Gasteiger partial charge on any atom is 0.0540 e. The Morgan fingerprint density at radius 1 is 0.283 bits per heavy atom. The van der Waals surface area contributed by atoms with Crippen LogP contribution in [0.3, 0.4) is 0 Å². The number of thiophene rings is 1. The normalized spacial score (nSPS) is 11.3. The summed E-state index contributed by atoms with van der Waals surface area (Å²) in [6.07, 6.45) is 0. The summed E-state index contributed by atoms with van der Waals surface area (Å²) in [6, 6.07) is 86.2. The van der Waals surface area contributed by atoms with Gasteiger partial charge in [-0.1, -0.05) is 194 Å². The molecule has 10 aromatic carbocycles. The molecule has 0 atom stereocenters. The summed E-state index contributed by atoms with van der Waals surface area (Å²) in [4.78, 5) is 2.44. The second-order valence-electron chi connectivity index (χ2n) is 15.2. The molecule has 0 radical (unpaired) electrons. The monoisotopic (exact) mass is 781 g/mol. The third kappa shape index (κ3) is 6.35. The average molecular weight is 782 g/mol. The van der Waals surface area contributed by atoms with E-state index in [2.05, 4.69) is 241 Å². The van der Waals surface area contributed by atoms with Gasteiger partial charge >= 0.3 is 0 Å². The van der Waals surface area contributed by atoms with Crippen molar-refractivity contribution in [3.05, 3.63) is 237 Å². The average Bonchev–Trinajstić information content (AvgIpc) is 3.71. The van der Waals surface area contributed by atoms with Crippen LogP contribution in [-0.4, -0.2) is 0 Å². The number of hydrogen-bond donors (Lipinski definition) is 0. The van der Waals surface area contributed by atoms with Crippen LogP contribution in [0.2, 0.25) is 0 Å². The summed E-state index contributed by atoms with van der Waals surface area (Å²) in [5.41, 5.74) is 15.3. The van der Waals surface area contributed by atoms with Crippen LogP contribution in [0.4, 0.5) is 17.1 Å².